The topological polar surface area (TPSA) is 79.7 Å². The number of anilines is 1. The first kappa shape index (κ1) is 22.8. The van der Waals surface area contributed by atoms with Crippen LogP contribution in [-0.4, -0.2) is 24.2 Å². The molecule has 0 radical (unpaired) electrons. The van der Waals surface area contributed by atoms with Gasteiger partial charge < -0.3 is 14.4 Å². The van der Waals surface area contributed by atoms with Gasteiger partial charge in [-0.25, -0.2) is 4.39 Å². The molecule has 0 saturated carbocycles. The number of hydrogen-bond donors (Lipinski definition) is 1. The number of halogens is 1. The van der Waals surface area contributed by atoms with Crippen LogP contribution in [0.3, 0.4) is 0 Å². The van der Waals surface area contributed by atoms with Gasteiger partial charge in [-0.15, -0.1) is 11.3 Å². The third-order valence-electron chi connectivity index (χ3n) is 5.26. The molecule has 0 atom stereocenters. The molecule has 170 valence electrons. The van der Waals surface area contributed by atoms with Crippen LogP contribution in [0.5, 0.6) is 5.75 Å². The van der Waals surface area contributed by atoms with E-state index in [0.29, 0.717) is 34.5 Å². The SMILES string of the molecule is CC(=O)Cc1cccs1.Cc1ccc2c(c1)N(Cc1cc(F)cc3c1OCOC3)C(=O)C2=N. The maximum Gasteiger partial charge on any atom is 0.277 e. The van der Waals surface area contributed by atoms with E-state index in [1.54, 1.807) is 24.3 Å². The Labute approximate surface area is 195 Å². The zero-order valence-electron chi connectivity index (χ0n) is 18.3. The quantitative estimate of drug-likeness (QED) is 0.599. The van der Waals surface area contributed by atoms with Crippen LogP contribution in [-0.2, 0) is 33.9 Å². The minimum absolute atomic E-state index is 0.0421. The molecular weight excluding hydrogens is 443 g/mol. The zero-order valence-corrected chi connectivity index (χ0v) is 19.1. The van der Waals surface area contributed by atoms with Gasteiger partial charge in [0.1, 0.15) is 23.1 Å². The predicted molar refractivity (Wildman–Crippen MR) is 125 cm³/mol. The van der Waals surface area contributed by atoms with E-state index in [1.807, 2.05) is 36.6 Å². The number of ether oxygens (including phenoxy) is 2. The van der Waals surface area contributed by atoms with E-state index in [4.69, 9.17) is 14.9 Å². The van der Waals surface area contributed by atoms with Gasteiger partial charge in [0.05, 0.1) is 18.8 Å². The molecule has 2 aromatic carbocycles. The van der Waals surface area contributed by atoms with Crippen molar-refractivity contribution in [3.05, 3.63) is 80.8 Å². The van der Waals surface area contributed by atoms with Crippen LogP contribution in [0.15, 0.2) is 47.8 Å². The number of amides is 1. The molecular formula is C25H23FN2O4S. The molecule has 5 rings (SSSR count). The van der Waals surface area contributed by atoms with E-state index >= 15 is 0 Å². The Kier molecular flexibility index (Phi) is 6.67. The van der Waals surface area contributed by atoms with E-state index in [1.165, 1.54) is 17.0 Å². The first-order valence-electron chi connectivity index (χ1n) is 10.4. The number of ketones is 1. The number of benzene rings is 2. The lowest BCUT2D eigenvalue weighted by Gasteiger charge is -2.24. The average molecular weight is 467 g/mol. The number of hydrogen-bond acceptors (Lipinski definition) is 6. The van der Waals surface area contributed by atoms with Crippen molar-refractivity contribution < 1.29 is 23.5 Å². The summed E-state index contributed by atoms with van der Waals surface area (Å²) in [5, 5.41) is 10.0. The first-order valence-corrected chi connectivity index (χ1v) is 11.3. The van der Waals surface area contributed by atoms with E-state index in [0.717, 1.165) is 10.4 Å². The molecule has 1 aromatic heterocycles. The van der Waals surface area contributed by atoms with E-state index in [-0.39, 0.29) is 37.3 Å². The molecule has 0 bridgehead atoms. The van der Waals surface area contributed by atoms with Crippen molar-refractivity contribution in [2.75, 3.05) is 11.7 Å². The zero-order chi connectivity index (χ0) is 23.5. The molecule has 1 amide bonds. The monoisotopic (exact) mass is 466 g/mol. The van der Waals surface area contributed by atoms with Crippen LogP contribution in [0.1, 0.15) is 34.1 Å². The summed E-state index contributed by atoms with van der Waals surface area (Å²) in [6.45, 7) is 4.07. The van der Waals surface area contributed by atoms with Gasteiger partial charge in [-0.1, -0.05) is 18.2 Å². The second-order valence-electron chi connectivity index (χ2n) is 7.91. The predicted octanol–water partition coefficient (Wildman–Crippen LogP) is 4.79. The van der Waals surface area contributed by atoms with Gasteiger partial charge in [0.25, 0.3) is 5.91 Å². The van der Waals surface area contributed by atoms with Gasteiger partial charge in [-0.2, -0.15) is 0 Å². The van der Waals surface area contributed by atoms with Crippen LogP contribution in [0, 0.1) is 18.2 Å². The summed E-state index contributed by atoms with van der Waals surface area (Å²) in [7, 11) is 0. The molecule has 1 N–H and O–H groups in total. The van der Waals surface area contributed by atoms with Crippen molar-refractivity contribution in [1.29, 1.82) is 5.41 Å². The van der Waals surface area contributed by atoms with Gasteiger partial charge in [0.15, 0.2) is 6.79 Å². The highest BCUT2D eigenvalue weighted by molar-refractivity contribution is 7.10. The lowest BCUT2D eigenvalue weighted by Crippen LogP contribution is -2.30. The number of thiophene rings is 1. The smallest absolute Gasteiger partial charge is 0.277 e. The van der Waals surface area contributed by atoms with E-state index in [9.17, 15) is 14.0 Å². The van der Waals surface area contributed by atoms with Crippen LogP contribution >= 0.6 is 11.3 Å². The second kappa shape index (κ2) is 9.64. The highest BCUT2D eigenvalue weighted by Crippen LogP contribution is 2.35. The molecule has 0 spiro atoms. The van der Waals surface area contributed by atoms with Crippen molar-refractivity contribution in [2.45, 2.75) is 33.4 Å². The lowest BCUT2D eigenvalue weighted by atomic mass is 10.1. The fourth-order valence-corrected chi connectivity index (χ4v) is 4.57. The van der Waals surface area contributed by atoms with Gasteiger partial charge in [-0.3, -0.25) is 15.0 Å². The fraction of sp³-hybridized carbons (Fsp3) is 0.240. The highest BCUT2D eigenvalue weighted by Gasteiger charge is 2.33. The van der Waals surface area contributed by atoms with Crippen molar-refractivity contribution in [3.8, 4) is 5.75 Å². The molecule has 33 heavy (non-hydrogen) atoms. The Morgan fingerprint density at radius 3 is 2.79 bits per heavy atom. The number of nitrogens with one attached hydrogen (secondary N) is 1. The first-order chi connectivity index (χ1) is 15.8. The summed E-state index contributed by atoms with van der Waals surface area (Å²) in [4.78, 5) is 25.6. The van der Waals surface area contributed by atoms with E-state index in [2.05, 4.69) is 0 Å². The largest absolute Gasteiger partial charge is 0.467 e. The van der Waals surface area contributed by atoms with Gasteiger partial charge >= 0.3 is 0 Å². The second-order valence-corrected chi connectivity index (χ2v) is 8.94. The number of carbonyl (C=O) groups excluding carboxylic acids is 2. The normalized spacial score (nSPS) is 14.2. The minimum atomic E-state index is -0.399. The molecule has 3 heterocycles. The third-order valence-corrected chi connectivity index (χ3v) is 6.13. The number of carbonyl (C=O) groups is 2. The standard InChI is InChI=1S/C18H15FN2O3.C7H8OS/c1-10-2-3-14-15(4-10)21(18(22)16(14)20)7-11-5-13(19)6-12-8-23-9-24-17(11)12;1-6(8)5-7-3-2-4-9-7/h2-6,20H,7-9H2,1H3;2-4H,5H2,1H3. The molecule has 0 saturated heterocycles. The molecule has 2 aliphatic rings. The fourth-order valence-electron chi connectivity index (χ4n) is 3.80. The average Bonchev–Trinajstić information content (AvgIpc) is 3.36. The Bertz CT molecular complexity index is 1220. The van der Waals surface area contributed by atoms with Crippen molar-refractivity contribution in [3.63, 3.8) is 0 Å². The van der Waals surface area contributed by atoms with Crippen molar-refractivity contribution in [2.24, 2.45) is 0 Å². The van der Waals surface area contributed by atoms with Gasteiger partial charge in [0, 0.05) is 28.0 Å². The van der Waals surface area contributed by atoms with Crippen LogP contribution < -0.4 is 9.64 Å². The summed E-state index contributed by atoms with van der Waals surface area (Å²) in [5.41, 5.74) is 3.42. The number of Topliss-reactive ketones (excluding diaryl/α,β-unsaturated/α-hetero) is 1. The summed E-state index contributed by atoms with van der Waals surface area (Å²) in [6, 6.07) is 12.2. The van der Waals surface area contributed by atoms with Crippen molar-refractivity contribution >= 4 is 34.4 Å². The molecule has 3 aromatic rings. The Balaban J connectivity index is 0.000000243. The number of aryl methyl sites for hydroxylation is 1. The third kappa shape index (κ3) is 5.02. The Morgan fingerprint density at radius 2 is 2.06 bits per heavy atom. The molecule has 0 unspecified atom stereocenters. The summed E-state index contributed by atoms with van der Waals surface area (Å²) < 4.78 is 24.6. The molecule has 2 aliphatic heterocycles. The number of fused-ring (bicyclic) bond motifs is 2. The summed E-state index contributed by atoms with van der Waals surface area (Å²) in [5.74, 6) is 0.00485. The molecule has 6 nitrogen and oxygen atoms in total. The molecule has 8 heteroatoms. The lowest BCUT2D eigenvalue weighted by molar-refractivity contribution is -0.116. The van der Waals surface area contributed by atoms with Crippen LogP contribution in [0.25, 0.3) is 0 Å². The summed E-state index contributed by atoms with van der Waals surface area (Å²) >= 11 is 1.63. The molecule has 0 fully saturated rings. The Morgan fingerprint density at radius 1 is 1.24 bits per heavy atom. The number of rotatable bonds is 4. The maximum absolute atomic E-state index is 13.9. The molecule has 0 aliphatic carbocycles. The minimum Gasteiger partial charge on any atom is -0.467 e. The number of nitrogens with zero attached hydrogens (tertiary/aromatic N) is 1. The van der Waals surface area contributed by atoms with Crippen LogP contribution in [0.4, 0.5) is 10.1 Å². The van der Waals surface area contributed by atoms with Crippen molar-refractivity contribution in [1.82, 2.24) is 0 Å². The maximum atomic E-state index is 13.9. The summed E-state index contributed by atoms with van der Waals surface area (Å²) in [6.07, 6.45) is 0.595. The highest BCUT2D eigenvalue weighted by atomic mass is 32.1. The van der Waals surface area contributed by atoms with Gasteiger partial charge in [-0.05, 0) is 49.1 Å². The van der Waals surface area contributed by atoms with E-state index < -0.39 is 5.82 Å². The Hall–Kier alpha value is -3.36. The van der Waals surface area contributed by atoms with Gasteiger partial charge in [0.2, 0.25) is 0 Å². The van der Waals surface area contributed by atoms with Crippen LogP contribution in [0.2, 0.25) is 0 Å².